The van der Waals surface area contributed by atoms with E-state index in [2.05, 4.69) is 9.98 Å². The molecule has 0 unspecified atom stereocenters. The van der Waals surface area contributed by atoms with Gasteiger partial charge in [0, 0.05) is 28.9 Å². The Hall–Kier alpha value is -4.32. The first-order valence-electron chi connectivity index (χ1n) is 11.1. The Morgan fingerprint density at radius 2 is 1.09 bits per heavy atom. The van der Waals surface area contributed by atoms with Crippen LogP contribution in [0.2, 0.25) is 0 Å². The van der Waals surface area contributed by atoms with E-state index in [1.807, 2.05) is 62.4 Å². The van der Waals surface area contributed by atoms with Crippen LogP contribution in [0.3, 0.4) is 0 Å². The van der Waals surface area contributed by atoms with Crippen molar-refractivity contribution in [2.45, 2.75) is 13.8 Å². The highest BCUT2D eigenvalue weighted by Gasteiger charge is 2.09. The summed E-state index contributed by atoms with van der Waals surface area (Å²) in [6.45, 7) is 4.65. The zero-order chi connectivity index (χ0) is 23.9. The normalized spacial score (nSPS) is 11.5. The average Bonchev–Trinajstić information content (AvgIpc) is 2.85. The topological polar surface area (TPSA) is 83.6 Å². The van der Waals surface area contributed by atoms with Crippen LogP contribution in [0.25, 0.3) is 10.8 Å². The number of ether oxygens (including phenoxy) is 2. The first kappa shape index (κ1) is 22.9. The largest absolute Gasteiger partial charge is 0.504 e. The molecule has 0 aliphatic carbocycles. The van der Waals surface area contributed by atoms with Gasteiger partial charge in [-0.2, -0.15) is 0 Å². The van der Waals surface area contributed by atoms with E-state index in [0.717, 1.165) is 10.8 Å². The van der Waals surface area contributed by atoms with E-state index in [0.29, 0.717) is 47.2 Å². The molecule has 0 aliphatic heterocycles. The average molecular weight is 455 g/mol. The van der Waals surface area contributed by atoms with E-state index < -0.39 is 0 Å². The minimum Gasteiger partial charge on any atom is -0.504 e. The van der Waals surface area contributed by atoms with Crippen LogP contribution in [-0.4, -0.2) is 35.9 Å². The van der Waals surface area contributed by atoms with Crippen molar-refractivity contribution in [2.24, 2.45) is 9.98 Å². The molecular formula is C28H26N2O4. The first-order valence-corrected chi connectivity index (χ1v) is 11.1. The number of aromatic hydroxyl groups is 2. The number of fused-ring (bicyclic) bond motifs is 1. The third-order valence-electron chi connectivity index (χ3n) is 5.21. The van der Waals surface area contributed by atoms with Gasteiger partial charge in [-0.05, 0) is 55.6 Å². The van der Waals surface area contributed by atoms with Crippen LogP contribution in [0, 0.1) is 0 Å². The van der Waals surface area contributed by atoms with E-state index in [-0.39, 0.29) is 11.5 Å². The van der Waals surface area contributed by atoms with Gasteiger partial charge in [0.1, 0.15) is 0 Å². The second-order valence-corrected chi connectivity index (χ2v) is 7.42. The molecule has 0 aliphatic rings. The predicted octanol–water partition coefficient (Wildman–Crippen LogP) is 6.55. The molecule has 4 aromatic carbocycles. The second-order valence-electron chi connectivity index (χ2n) is 7.42. The maximum Gasteiger partial charge on any atom is 0.166 e. The number of hydrogen-bond acceptors (Lipinski definition) is 6. The Morgan fingerprint density at radius 3 is 1.53 bits per heavy atom. The van der Waals surface area contributed by atoms with Crippen molar-refractivity contribution in [3.8, 4) is 23.0 Å². The Morgan fingerprint density at radius 1 is 0.647 bits per heavy atom. The molecule has 6 heteroatoms. The molecule has 0 bridgehead atoms. The summed E-state index contributed by atoms with van der Waals surface area (Å²) < 4.78 is 10.9. The lowest BCUT2D eigenvalue weighted by molar-refractivity contribution is 0.318. The summed E-state index contributed by atoms with van der Waals surface area (Å²) in [5.41, 5.74) is 2.53. The highest BCUT2D eigenvalue weighted by atomic mass is 16.5. The summed E-state index contributed by atoms with van der Waals surface area (Å²) in [7, 11) is 0. The summed E-state index contributed by atoms with van der Waals surface area (Å²) in [5, 5.41) is 22.8. The Balaban J connectivity index is 1.73. The van der Waals surface area contributed by atoms with E-state index in [1.54, 1.807) is 36.7 Å². The molecule has 0 saturated carbocycles. The van der Waals surface area contributed by atoms with E-state index in [4.69, 9.17) is 9.47 Å². The van der Waals surface area contributed by atoms with Crippen LogP contribution in [0.5, 0.6) is 23.0 Å². The molecule has 0 fully saturated rings. The van der Waals surface area contributed by atoms with Crippen LogP contribution in [0.4, 0.5) is 11.4 Å². The van der Waals surface area contributed by atoms with Crippen LogP contribution in [-0.2, 0) is 0 Å². The highest BCUT2D eigenvalue weighted by molar-refractivity contribution is 6.04. The zero-order valence-electron chi connectivity index (χ0n) is 19.1. The fourth-order valence-corrected chi connectivity index (χ4v) is 3.63. The van der Waals surface area contributed by atoms with Crippen LogP contribution in [0.1, 0.15) is 25.0 Å². The summed E-state index contributed by atoms with van der Waals surface area (Å²) in [5.74, 6) is 0.944. The van der Waals surface area contributed by atoms with Crippen molar-refractivity contribution < 1.29 is 19.7 Å². The first-order chi connectivity index (χ1) is 16.6. The maximum atomic E-state index is 10.5. The van der Waals surface area contributed by atoms with Crippen LogP contribution in [0.15, 0.2) is 82.8 Å². The van der Waals surface area contributed by atoms with Gasteiger partial charge in [-0.3, -0.25) is 9.98 Å². The third kappa shape index (κ3) is 4.86. The molecule has 6 nitrogen and oxygen atoms in total. The van der Waals surface area contributed by atoms with Crippen molar-refractivity contribution in [3.05, 3.63) is 83.9 Å². The monoisotopic (exact) mass is 454 g/mol. The summed E-state index contributed by atoms with van der Waals surface area (Å²) in [6, 6.07) is 22.3. The van der Waals surface area contributed by atoms with Gasteiger partial charge in [0.25, 0.3) is 0 Å². The van der Waals surface area contributed by atoms with Crippen molar-refractivity contribution in [1.29, 1.82) is 0 Å². The fourth-order valence-electron chi connectivity index (χ4n) is 3.63. The quantitative estimate of drug-likeness (QED) is 0.296. The van der Waals surface area contributed by atoms with Gasteiger partial charge >= 0.3 is 0 Å². The summed E-state index contributed by atoms with van der Waals surface area (Å²) in [4.78, 5) is 9.31. The molecule has 4 aromatic rings. The molecule has 0 aromatic heterocycles. The molecule has 0 atom stereocenters. The van der Waals surface area contributed by atoms with Gasteiger partial charge in [-0.25, -0.2) is 0 Å². The van der Waals surface area contributed by atoms with E-state index in [1.165, 1.54) is 0 Å². The zero-order valence-corrected chi connectivity index (χ0v) is 19.1. The number of phenolic OH excluding ortho intramolecular Hbond substituents is 2. The van der Waals surface area contributed by atoms with Crippen LogP contribution >= 0.6 is 0 Å². The number of hydrogen-bond donors (Lipinski definition) is 2. The van der Waals surface area contributed by atoms with Crippen molar-refractivity contribution in [1.82, 2.24) is 0 Å². The fraction of sp³-hybridized carbons (Fsp3) is 0.143. The molecule has 0 radical (unpaired) electrons. The van der Waals surface area contributed by atoms with Gasteiger partial charge in [-0.15, -0.1) is 0 Å². The maximum absolute atomic E-state index is 10.5. The molecular weight excluding hydrogens is 428 g/mol. The second kappa shape index (κ2) is 10.5. The summed E-state index contributed by atoms with van der Waals surface area (Å²) >= 11 is 0. The highest BCUT2D eigenvalue weighted by Crippen LogP contribution is 2.36. The third-order valence-corrected chi connectivity index (χ3v) is 5.21. The summed E-state index contributed by atoms with van der Waals surface area (Å²) in [6.07, 6.45) is 3.23. The van der Waals surface area contributed by atoms with Gasteiger partial charge < -0.3 is 19.7 Å². The molecule has 0 heterocycles. The lowest BCUT2D eigenvalue weighted by Gasteiger charge is -2.09. The predicted molar refractivity (Wildman–Crippen MR) is 137 cm³/mol. The van der Waals surface area contributed by atoms with Gasteiger partial charge in [0.15, 0.2) is 23.0 Å². The van der Waals surface area contributed by atoms with E-state index in [9.17, 15) is 10.2 Å². The van der Waals surface area contributed by atoms with Gasteiger partial charge in [0.05, 0.1) is 24.6 Å². The minimum absolute atomic E-state index is 0.0521. The number of aliphatic imine (C=N–C) groups is 2. The SMILES string of the molecule is CCOc1cccc(C=Nc2cccc3cccc(N=Cc4cccc(OCC)c4O)c23)c1O. The number of rotatable bonds is 8. The smallest absolute Gasteiger partial charge is 0.166 e. The van der Waals surface area contributed by atoms with Crippen molar-refractivity contribution >= 4 is 34.6 Å². The van der Waals surface area contributed by atoms with Crippen LogP contribution < -0.4 is 9.47 Å². The van der Waals surface area contributed by atoms with Crippen molar-refractivity contribution in [3.63, 3.8) is 0 Å². The standard InChI is InChI=1S/C28H26N2O4/c1-3-33-24-15-7-11-20(27(24)31)17-29-22-13-5-9-19-10-6-14-23(26(19)22)30-18-21-12-8-16-25(28(21)32)34-4-2/h5-18,31-32H,3-4H2,1-2H3. The molecule has 0 saturated heterocycles. The molecule has 0 amide bonds. The lowest BCUT2D eigenvalue weighted by atomic mass is 10.1. The number of nitrogens with zero attached hydrogens (tertiary/aromatic N) is 2. The Bertz CT molecular complexity index is 1260. The minimum atomic E-state index is 0.0521. The Kier molecular flexibility index (Phi) is 7.08. The molecule has 0 spiro atoms. The van der Waals surface area contributed by atoms with Crippen molar-refractivity contribution in [2.75, 3.05) is 13.2 Å². The molecule has 34 heavy (non-hydrogen) atoms. The Labute approximate surface area is 198 Å². The molecule has 2 N–H and O–H groups in total. The number of phenols is 2. The molecule has 4 rings (SSSR count). The van der Waals surface area contributed by atoms with Gasteiger partial charge in [-0.1, -0.05) is 36.4 Å². The van der Waals surface area contributed by atoms with E-state index >= 15 is 0 Å². The lowest BCUT2D eigenvalue weighted by Crippen LogP contribution is -1.93. The number of para-hydroxylation sites is 2. The molecule has 172 valence electrons. The van der Waals surface area contributed by atoms with Gasteiger partial charge in [0.2, 0.25) is 0 Å². The number of benzene rings is 4.